The molecular weight excluding hydrogens is 532 g/mol. The second kappa shape index (κ2) is 19.7. The van der Waals surface area contributed by atoms with Crippen molar-refractivity contribution in [1.82, 2.24) is 0 Å². The first-order valence-electron chi connectivity index (χ1n) is 16.9. The average Bonchev–Trinajstić information content (AvgIpc) is 3.06. The first-order valence-corrected chi connectivity index (χ1v) is 16.9. The van der Waals surface area contributed by atoms with Crippen molar-refractivity contribution in [3.8, 4) is 0 Å². The van der Waals surface area contributed by atoms with E-state index in [9.17, 15) is 15.3 Å². The van der Waals surface area contributed by atoms with Gasteiger partial charge in [-0.3, -0.25) is 0 Å². The maximum absolute atomic E-state index is 11.5. The van der Waals surface area contributed by atoms with Crippen molar-refractivity contribution in [2.75, 3.05) is 13.2 Å². The van der Waals surface area contributed by atoms with Gasteiger partial charge in [0, 0.05) is 0 Å². The topological polar surface area (TPSA) is 69.9 Å². The van der Waals surface area contributed by atoms with E-state index in [2.05, 4.69) is 6.92 Å². The highest BCUT2D eigenvalue weighted by atomic mass is 16.5. The summed E-state index contributed by atoms with van der Waals surface area (Å²) in [6, 6.07) is 29.8. The number of ether oxygens (including phenoxy) is 1. The van der Waals surface area contributed by atoms with Crippen molar-refractivity contribution in [1.29, 1.82) is 0 Å². The van der Waals surface area contributed by atoms with Crippen LogP contribution in [0.5, 0.6) is 0 Å². The van der Waals surface area contributed by atoms with Gasteiger partial charge in [-0.15, -0.1) is 0 Å². The van der Waals surface area contributed by atoms with Gasteiger partial charge >= 0.3 is 0 Å². The van der Waals surface area contributed by atoms with Gasteiger partial charge in [-0.1, -0.05) is 188 Å². The minimum atomic E-state index is -1.78. The second-order valence-electron chi connectivity index (χ2n) is 12.2. The molecule has 0 saturated carbocycles. The van der Waals surface area contributed by atoms with Gasteiger partial charge in [-0.2, -0.15) is 0 Å². The van der Waals surface area contributed by atoms with Gasteiger partial charge in [0.25, 0.3) is 0 Å². The lowest BCUT2D eigenvalue weighted by Crippen LogP contribution is -2.52. The molecule has 0 fully saturated rings. The monoisotopic (exact) mass is 588 g/mol. The second-order valence-corrected chi connectivity index (χ2v) is 12.2. The fourth-order valence-corrected chi connectivity index (χ4v) is 6.05. The summed E-state index contributed by atoms with van der Waals surface area (Å²) < 4.78 is 6.72. The lowest BCUT2D eigenvalue weighted by molar-refractivity contribution is -0.165. The van der Waals surface area contributed by atoms with Crippen molar-refractivity contribution in [2.24, 2.45) is 0 Å². The van der Waals surface area contributed by atoms with Gasteiger partial charge in [0.1, 0.15) is 11.2 Å². The van der Waals surface area contributed by atoms with E-state index in [4.69, 9.17) is 4.74 Å². The Morgan fingerprint density at radius 2 is 0.907 bits per heavy atom. The zero-order valence-electron chi connectivity index (χ0n) is 26.5. The van der Waals surface area contributed by atoms with Crippen LogP contribution in [0.3, 0.4) is 0 Å². The quantitative estimate of drug-likeness (QED) is 0.0764. The normalized spacial score (nSPS) is 14.0. The van der Waals surface area contributed by atoms with Gasteiger partial charge in [-0.25, -0.2) is 0 Å². The van der Waals surface area contributed by atoms with Crippen molar-refractivity contribution in [2.45, 2.75) is 121 Å². The molecule has 3 N–H and O–H groups in total. The summed E-state index contributed by atoms with van der Waals surface area (Å²) in [5.74, 6) is 0. The van der Waals surface area contributed by atoms with E-state index in [0.717, 1.165) is 36.0 Å². The Labute approximate surface area is 261 Å². The van der Waals surface area contributed by atoms with E-state index in [0.29, 0.717) is 6.42 Å². The Kier molecular flexibility index (Phi) is 16.0. The van der Waals surface area contributed by atoms with Crippen LogP contribution in [0, 0.1) is 0 Å². The maximum Gasteiger partial charge on any atom is 0.143 e. The van der Waals surface area contributed by atoms with Gasteiger partial charge < -0.3 is 20.1 Å². The van der Waals surface area contributed by atoms with Crippen LogP contribution in [0.1, 0.15) is 120 Å². The molecule has 0 amide bonds. The van der Waals surface area contributed by atoms with Crippen LogP contribution in [0.4, 0.5) is 0 Å². The summed E-state index contributed by atoms with van der Waals surface area (Å²) in [7, 11) is 0. The van der Waals surface area contributed by atoms with Crippen molar-refractivity contribution >= 4 is 0 Å². The highest BCUT2D eigenvalue weighted by Crippen LogP contribution is 2.41. The lowest BCUT2D eigenvalue weighted by Gasteiger charge is -2.40. The molecule has 236 valence electrons. The largest absolute Gasteiger partial charge is 0.393 e. The molecule has 0 bridgehead atoms. The van der Waals surface area contributed by atoms with Crippen LogP contribution in [0.25, 0.3) is 0 Å². The van der Waals surface area contributed by atoms with Crippen molar-refractivity contribution in [3.63, 3.8) is 0 Å². The first kappa shape index (κ1) is 35.0. The van der Waals surface area contributed by atoms with E-state index in [1.807, 2.05) is 91.0 Å². The molecule has 0 spiro atoms. The molecule has 0 radical (unpaired) electrons. The predicted molar refractivity (Wildman–Crippen MR) is 178 cm³/mol. The molecule has 3 aromatic rings. The van der Waals surface area contributed by atoms with Gasteiger partial charge in [0.05, 0.1) is 19.3 Å². The first-order chi connectivity index (χ1) is 21.1. The molecule has 4 heteroatoms. The van der Waals surface area contributed by atoms with Crippen LogP contribution in [0.15, 0.2) is 91.0 Å². The molecule has 0 aliphatic heterocycles. The van der Waals surface area contributed by atoms with E-state index >= 15 is 0 Å². The summed E-state index contributed by atoms with van der Waals surface area (Å²) in [4.78, 5) is 0. The Morgan fingerprint density at radius 1 is 0.558 bits per heavy atom. The van der Waals surface area contributed by atoms with Gasteiger partial charge in [-0.05, 0) is 23.1 Å². The van der Waals surface area contributed by atoms with Gasteiger partial charge in [0.2, 0.25) is 0 Å². The lowest BCUT2D eigenvalue weighted by atomic mass is 9.79. The standard InChI is InChI=1S/C39H56O4/c1-2-3-4-5-6-7-8-9-10-11-12-13-14-24-31-37(41)38(42,32-40)33-43-39(34-25-18-15-19-26-34,35-27-20-16-21-28-35)36-29-22-17-23-30-36/h15-23,25-30,37,40-42H,2-14,24,31-33H2,1H3. The predicted octanol–water partition coefficient (Wildman–Crippen LogP) is 8.95. The average molecular weight is 589 g/mol. The molecule has 3 rings (SSSR count). The third kappa shape index (κ3) is 10.9. The van der Waals surface area contributed by atoms with Crippen LogP contribution >= 0.6 is 0 Å². The third-order valence-electron chi connectivity index (χ3n) is 8.80. The number of hydrogen-bond acceptors (Lipinski definition) is 4. The Balaban J connectivity index is 1.52. The highest BCUT2D eigenvalue weighted by Gasteiger charge is 2.43. The minimum Gasteiger partial charge on any atom is -0.393 e. The molecule has 2 unspecified atom stereocenters. The zero-order valence-corrected chi connectivity index (χ0v) is 26.5. The number of aliphatic hydroxyl groups is 3. The fourth-order valence-electron chi connectivity index (χ4n) is 6.05. The highest BCUT2D eigenvalue weighted by molar-refractivity contribution is 5.47. The summed E-state index contributed by atoms with van der Waals surface area (Å²) in [5, 5.41) is 32.8. The van der Waals surface area contributed by atoms with E-state index < -0.39 is 23.9 Å². The van der Waals surface area contributed by atoms with Gasteiger partial charge in [0.15, 0.2) is 0 Å². The Hall–Kier alpha value is -2.50. The Bertz CT molecular complexity index is 991. The van der Waals surface area contributed by atoms with Crippen LogP contribution in [-0.2, 0) is 10.3 Å². The zero-order chi connectivity index (χ0) is 30.6. The number of rotatable bonds is 23. The molecule has 2 atom stereocenters. The molecule has 3 aromatic carbocycles. The van der Waals surface area contributed by atoms with Crippen molar-refractivity contribution in [3.05, 3.63) is 108 Å². The van der Waals surface area contributed by atoms with E-state index in [1.165, 1.54) is 70.6 Å². The molecule has 0 aromatic heterocycles. The molecule has 43 heavy (non-hydrogen) atoms. The molecule has 0 heterocycles. The summed E-state index contributed by atoms with van der Waals surface area (Å²) in [6.07, 6.45) is 17.0. The molecular formula is C39H56O4. The van der Waals surface area contributed by atoms with Crippen LogP contribution in [0.2, 0.25) is 0 Å². The molecule has 4 nitrogen and oxygen atoms in total. The number of unbranched alkanes of at least 4 members (excludes halogenated alkanes) is 13. The van der Waals surface area contributed by atoms with Crippen molar-refractivity contribution < 1.29 is 20.1 Å². The number of aliphatic hydroxyl groups excluding tert-OH is 2. The summed E-state index contributed by atoms with van der Waals surface area (Å²) in [5.41, 5.74) is -0.0700. The van der Waals surface area contributed by atoms with E-state index in [1.54, 1.807) is 0 Å². The Morgan fingerprint density at radius 3 is 1.26 bits per heavy atom. The maximum atomic E-state index is 11.5. The number of benzene rings is 3. The molecule has 0 aliphatic carbocycles. The third-order valence-corrected chi connectivity index (χ3v) is 8.80. The number of hydrogen-bond donors (Lipinski definition) is 3. The summed E-state index contributed by atoms with van der Waals surface area (Å²) >= 11 is 0. The fraction of sp³-hybridized carbons (Fsp3) is 0.538. The summed E-state index contributed by atoms with van der Waals surface area (Å²) in [6.45, 7) is 1.46. The SMILES string of the molecule is CCCCCCCCCCCCCCCCC(O)C(O)(CO)COC(c1ccccc1)(c1ccccc1)c1ccccc1. The minimum absolute atomic E-state index is 0.220. The van der Waals surface area contributed by atoms with Crippen LogP contribution < -0.4 is 0 Å². The smallest absolute Gasteiger partial charge is 0.143 e. The van der Waals surface area contributed by atoms with Crippen LogP contribution in [-0.4, -0.2) is 40.2 Å². The van der Waals surface area contributed by atoms with E-state index in [-0.39, 0.29) is 6.61 Å². The molecule has 0 saturated heterocycles. The molecule has 0 aliphatic rings.